The molecule has 6 nitrogen and oxygen atoms in total. The Morgan fingerprint density at radius 1 is 1.29 bits per heavy atom. The highest BCUT2D eigenvalue weighted by Crippen LogP contribution is 2.39. The van der Waals surface area contributed by atoms with Crippen LogP contribution in [0.1, 0.15) is 55.6 Å². The molecule has 0 spiro atoms. The predicted octanol–water partition coefficient (Wildman–Crippen LogP) is 3.38. The summed E-state index contributed by atoms with van der Waals surface area (Å²) in [5.41, 5.74) is 9.15. The Labute approximate surface area is 168 Å². The van der Waals surface area contributed by atoms with Crippen LogP contribution in [0, 0.1) is 19.8 Å². The highest BCUT2D eigenvalue weighted by atomic mass is 32.1. The number of hydrogen-bond donors (Lipinski definition) is 2. The number of thiophene rings is 1. The first-order valence-electron chi connectivity index (χ1n) is 9.24. The van der Waals surface area contributed by atoms with Crippen LogP contribution in [0.25, 0.3) is 0 Å². The summed E-state index contributed by atoms with van der Waals surface area (Å²) in [5.74, 6) is -1.06. The summed E-state index contributed by atoms with van der Waals surface area (Å²) in [5, 5.41) is 3.14. The van der Waals surface area contributed by atoms with Crippen molar-refractivity contribution in [2.45, 2.75) is 40.0 Å². The van der Waals surface area contributed by atoms with Crippen LogP contribution in [0.2, 0.25) is 0 Å². The number of nitrogens with two attached hydrogens (primary N) is 1. The molecule has 148 valence electrons. The molecule has 0 radical (unpaired) electrons. The molecule has 0 unspecified atom stereocenters. The van der Waals surface area contributed by atoms with Crippen molar-refractivity contribution in [2.75, 3.05) is 11.9 Å². The number of hydrogen-bond acceptors (Lipinski definition) is 5. The third kappa shape index (κ3) is 4.25. The lowest BCUT2D eigenvalue weighted by atomic mass is 9.88. The van der Waals surface area contributed by atoms with Crippen molar-refractivity contribution in [1.82, 2.24) is 0 Å². The summed E-state index contributed by atoms with van der Waals surface area (Å²) >= 11 is 1.38. The SMILES string of the molecule is Cc1ccc(C(=O)OCC(=O)Nc2sc3c(c2C(N)=O)CC[C@H](C)C3)c(C)c1. The third-order valence-electron chi connectivity index (χ3n) is 4.95. The van der Waals surface area contributed by atoms with E-state index in [1.165, 1.54) is 11.3 Å². The van der Waals surface area contributed by atoms with Crippen molar-refractivity contribution in [3.05, 3.63) is 50.9 Å². The standard InChI is InChI=1S/C21H24N2O4S/c1-11-4-6-14(13(3)8-11)21(26)27-10-17(24)23-20-18(19(22)25)15-7-5-12(2)9-16(15)28-20/h4,6,8,12H,5,7,9-10H2,1-3H3,(H2,22,25)(H,23,24)/t12-/m0/s1. The predicted molar refractivity (Wildman–Crippen MR) is 109 cm³/mol. The van der Waals surface area contributed by atoms with Crippen LogP contribution in [0.3, 0.4) is 0 Å². The summed E-state index contributed by atoms with van der Waals surface area (Å²) < 4.78 is 5.14. The van der Waals surface area contributed by atoms with E-state index in [2.05, 4.69) is 12.2 Å². The van der Waals surface area contributed by atoms with Crippen molar-refractivity contribution in [3.8, 4) is 0 Å². The van der Waals surface area contributed by atoms with Crippen LogP contribution in [0.5, 0.6) is 0 Å². The average Bonchev–Trinajstić information content (AvgIpc) is 2.96. The molecule has 1 aromatic heterocycles. The maximum absolute atomic E-state index is 12.3. The largest absolute Gasteiger partial charge is 0.452 e. The van der Waals surface area contributed by atoms with Crippen LogP contribution in [-0.2, 0) is 22.4 Å². The zero-order valence-electron chi connectivity index (χ0n) is 16.3. The molecular formula is C21H24N2O4S. The molecule has 1 atom stereocenters. The Bertz CT molecular complexity index is 948. The van der Waals surface area contributed by atoms with E-state index < -0.39 is 24.4 Å². The molecule has 1 aromatic carbocycles. The van der Waals surface area contributed by atoms with Gasteiger partial charge in [-0.05, 0) is 56.2 Å². The van der Waals surface area contributed by atoms with Crippen LogP contribution in [0.4, 0.5) is 5.00 Å². The van der Waals surface area contributed by atoms with Gasteiger partial charge in [-0.15, -0.1) is 11.3 Å². The first kappa shape index (κ1) is 20.1. The molecule has 1 heterocycles. The molecular weight excluding hydrogens is 376 g/mol. The highest BCUT2D eigenvalue weighted by Gasteiger charge is 2.27. The Morgan fingerprint density at radius 2 is 2.04 bits per heavy atom. The Kier molecular flexibility index (Phi) is 5.84. The zero-order valence-corrected chi connectivity index (χ0v) is 17.1. The fourth-order valence-electron chi connectivity index (χ4n) is 3.51. The van der Waals surface area contributed by atoms with Crippen molar-refractivity contribution >= 4 is 34.1 Å². The number of primary amides is 1. The van der Waals surface area contributed by atoms with Crippen molar-refractivity contribution in [1.29, 1.82) is 0 Å². The molecule has 0 saturated heterocycles. The van der Waals surface area contributed by atoms with Gasteiger partial charge in [0.05, 0.1) is 11.1 Å². The van der Waals surface area contributed by atoms with E-state index in [0.29, 0.717) is 22.0 Å². The number of carbonyl (C=O) groups excluding carboxylic acids is 3. The molecule has 0 bridgehead atoms. The third-order valence-corrected chi connectivity index (χ3v) is 6.12. The van der Waals surface area contributed by atoms with Crippen LogP contribution in [-0.4, -0.2) is 24.4 Å². The number of amides is 2. The van der Waals surface area contributed by atoms with Gasteiger partial charge in [0, 0.05) is 4.88 Å². The molecule has 0 fully saturated rings. The molecule has 0 aliphatic heterocycles. The first-order chi connectivity index (χ1) is 13.3. The van der Waals surface area contributed by atoms with Gasteiger partial charge in [-0.3, -0.25) is 9.59 Å². The first-order valence-corrected chi connectivity index (χ1v) is 10.1. The summed E-state index contributed by atoms with van der Waals surface area (Å²) in [4.78, 5) is 37.6. The van der Waals surface area contributed by atoms with Crippen molar-refractivity contribution < 1.29 is 19.1 Å². The monoisotopic (exact) mass is 400 g/mol. The van der Waals surface area contributed by atoms with Gasteiger partial charge in [-0.25, -0.2) is 4.79 Å². The van der Waals surface area contributed by atoms with Crippen molar-refractivity contribution in [3.63, 3.8) is 0 Å². The second-order valence-corrected chi connectivity index (χ2v) is 8.47. The van der Waals surface area contributed by atoms with Gasteiger partial charge in [-0.2, -0.15) is 0 Å². The Hall–Kier alpha value is -2.67. The number of benzene rings is 1. The molecule has 2 aromatic rings. The van der Waals surface area contributed by atoms with Gasteiger partial charge in [-0.1, -0.05) is 24.6 Å². The molecule has 3 N–H and O–H groups in total. The number of anilines is 1. The molecule has 1 aliphatic carbocycles. The van der Waals surface area contributed by atoms with Gasteiger partial charge < -0.3 is 15.8 Å². The van der Waals surface area contributed by atoms with Gasteiger partial charge >= 0.3 is 5.97 Å². The number of rotatable bonds is 5. The highest BCUT2D eigenvalue weighted by molar-refractivity contribution is 7.17. The minimum atomic E-state index is -0.554. The topological polar surface area (TPSA) is 98.5 Å². The van der Waals surface area contributed by atoms with Crippen LogP contribution in [0.15, 0.2) is 18.2 Å². The normalized spacial score (nSPS) is 15.6. The smallest absolute Gasteiger partial charge is 0.338 e. The van der Waals surface area contributed by atoms with Gasteiger partial charge in [0.2, 0.25) is 0 Å². The summed E-state index contributed by atoms with van der Waals surface area (Å²) in [6.07, 6.45) is 2.64. The molecule has 1 aliphatic rings. The summed E-state index contributed by atoms with van der Waals surface area (Å²) in [7, 11) is 0. The zero-order chi connectivity index (χ0) is 20.4. The van der Waals surface area contributed by atoms with Gasteiger partial charge in [0.1, 0.15) is 5.00 Å². The number of fused-ring (bicyclic) bond motifs is 1. The molecule has 0 saturated carbocycles. The summed E-state index contributed by atoms with van der Waals surface area (Å²) in [6.45, 7) is 5.49. The van der Waals surface area contributed by atoms with E-state index in [0.717, 1.165) is 40.8 Å². The van der Waals surface area contributed by atoms with E-state index in [1.54, 1.807) is 6.07 Å². The fourth-order valence-corrected chi connectivity index (χ4v) is 4.95. The minimum absolute atomic E-state index is 0.390. The lowest BCUT2D eigenvalue weighted by Crippen LogP contribution is -2.23. The van der Waals surface area contributed by atoms with Crippen LogP contribution >= 0.6 is 11.3 Å². The molecule has 3 rings (SSSR count). The van der Waals surface area contributed by atoms with Crippen LogP contribution < -0.4 is 11.1 Å². The number of carbonyl (C=O) groups is 3. The maximum Gasteiger partial charge on any atom is 0.338 e. The number of esters is 1. The molecule has 7 heteroatoms. The van der Waals surface area contributed by atoms with E-state index in [4.69, 9.17) is 10.5 Å². The Balaban J connectivity index is 1.68. The van der Waals surface area contributed by atoms with E-state index in [1.807, 2.05) is 26.0 Å². The maximum atomic E-state index is 12.3. The number of nitrogens with one attached hydrogen (secondary N) is 1. The Morgan fingerprint density at radius 3 is 2.71 bits per heavy atom. The molecule has 2 amide bonds. The average molecular weight is 401 g/mol. The van der Waals surface area contributed by atoms with Gasteiger partial charge in [0.15, 0.2) is 6.61 Å². The second kappa shape index (κ2) is 8.14. The lowest BCUT2D eigenvalue weighted by Gasteiger charge is -2.18. The quantitative estimate of drug-likeness (QED) is 0.752. The second-order valence-electron chi connectivity index (χ2n) is 7.36. The number of ether oxygens (including phenoxy) is 1. The fraction of sp³-hybridized carbons (Fsp3) is 0.381. The lowest BCUT2D eigenvalue weighted by molar-refractivity contribution is -0.119. The molecule has 28 heavy (non-hydrogen) atoms. The van der Waals surface area contributed by atoms with Gasteiger partial charge in [0.25, 0.3) is 11.8 Å². The van der Waals surface area contributed by atoms with E-state index in [9.17, 15) is 14.4 Å². The minimum Gasteiger partial charge on any atom is -0.452 e. The van der Waals surface area contributed by atoms with E-state index in [-0.39, 0.29) is 0 Å². The summed E-state index contributed by atoms with van der Waals surface area (Å²) in [6, 6.07) is 5.39. The van der Waals surface area contributed by atoms with Crippen molar-refractivity contribution in [2.24, 2.45) is 11.7 Å². The van der Waals surface area contributed by atoms with E-state index >= 15 is 0 Å². The number of aryl methyl sites for hydroxylation is 2.